The lowest BCUT2D eigenvalue weighted by Crippen LogP contribution is -2.24. The molecule has 0 radical (unpaired) electrons. The van der Waals surface area contributed by atoms with Crippen molar-refractivity contribution in [3.8, 4) is 0 Å². The summed E-state index contributed by atoms with van der Waals surface area (Å²) in [7, 11) is -3.95. The molecule has 0 fully saturated rings. The Morgan fingerprint density at radius 1 is 1.50 bits per heavy atom. The number of hydrogen-bond donors (Lipinski definition) is 2. The van der Waals surface area contributed by atoms with E-state index in [0.29, 0.717) is 6.54 Å². The molecule has 0 spiro atoms. The van der Waals surface area contributed by atoms with Crippen LogP contribution in [0.3, 0.4) is 0 Å². The molecule has 0 aliphatic heterocycles. The Kier molecular flexibility index (Phi) is 3.61. The highest BCUT2D eigenvalue weighted by atomic mass is 32.2. The molecule has 0 atom stereocenters. The van der Waals surface area contributed by atoms with Crippen molar-refractivity contribution in [3.63, 3.8) is 0 Å². The Hall–Kier alpha value is -1.47. The van der Waals surface area contributed by atoms with Crippen LogP contribution >= 0.6 is 0 Å². The maximum absolute atomic E-state index is 13.4. The number of benzene rings is 1. The van der Waals surface area contributed by atoms with Gasteiger partial charge in [0.2, 0.25) is 10.0 Å². The van der Waals surface area contributed by atoms with Gasteiger partial charge in [-0.1, -0.05) is 0 Å². The van der Waals surface area contributed by atoms with E-state index in [9.17, 15) is 17.6 Å². The van der Waals surface area contributed by atoms with Gasteiger partial charge in [0.1, 0.15) is 5.82 Å². The smallest absolute Gasteiger partial charge is 0.254 e. The second kappa shape index (κ2) is 4.58. The molecule has 1 aromatic carbocycles. The van der Waals surface area contributed by atoms with Gasteiger partial charge in [-0.25, -0.2) is 17.9 Å². The van der Waals surface area contributed by atoms with Crippen LogP contribution in [0, 0.1) is 5.82 Å². The van der Waals surface area contributed by atoms with Crippen LogP contribution in [0.25, 0.3) is 0 Å². The number of nitrogens with two attached hydrogens (primary N) is 1. The number of sulfonamides is 1. The number of halogens is 1. The van der Waals surface area contributed by atoms with E-state index >= 15 is 0 Å². The van der Waals surface area contributed by atoms with E-state index in [1.165, 1.54) is 0 Å². The standard InChI is InChI=1S/C9H11FN2O3S/c1-2-12-9(13)7-4-3-6(5-8(7)10)16(11,14)15/h3-5H,2H2,1H3,(H,12,13)(H2,11,14,15). The van der Waals surface area contributed by atoms with Crippen molar-refractivity contribution >= 4 is 15.9 Å². The van der Waals surface area contributed by atoms with E-state index in [4.69, 9.17) is 5.14 Å². The highest BCUT2D eigenvalue weighted by Crippen LogP contribution is 2.13. The Morgan fingerprint density at radius 3 is 2.56 bits per heavy atom. The summed E-state index contributed by atoms with van der Waals surface area (Å²) in [4.78, 5) is 10.9. The number of amides is 1. The van der Waals surface area contributed by atoms with Gasteiger partial charge in [0, 0.05) is 6.54 Å². The molecule has 16 heavy (non-hydrogen) atoms. The molecular weight excluding hydrogens is 235 g/mol. The van der Waals surface area contributed by atoms with Crippen LogP contribution in [-0.4, -0.2) is 20.9 Å². The third kappa shape index (κ3) is 2.77. The summed E-state index contributed by atoms with van der Waals surface area (Å²) in [6.07, 6.45) is 0. The van der Waals surface area contributed by atoms with Crippen molar-refractivity contribution in [1.82, 2.24) is 5.32 Å². The number of carbonyl (C=O) groups is 1. The summed E-state index contributed by atoms with van der Waals surface area (Å²) < 4.78 is 35.2. The molecule has 1 aromatic rings. The molecule has 1 rings (SSSR count). The molecule has 0 aliphatic carbocycles. The molecule has 88 valence electrons. The first-order valence-electron chi connectivity index (χ1n) is 4.46. The van der Waals surface area contributed by atoms with Gasteiger partial charge in [0.05, 0.1) is 10.5 Å². The molecule has 0 aromatic heterocycles. The molecule has 0 aliphatic rings. The van der Waals surface area contributed by atoms with E-state index in [1.807, 2.05) is 0 Å². The van der Waals surface area contributed by atoms with Crippen LogP contribution in [0.2, 0.25) is 0 Å². The minimum absolute atomic E-state index is 0.214. The summed E-state index contributed by atoms with van der Waals surface area (Å²) in [6, 6.07) is 2.89. The molecule has 0 bridgehead atoms. The van der Waals surface area contributed by atoms with Crippen LogP contribution in [-0.2, 0) is 10.0 Å². The SMILES string of the molecule is CCNC(=O)c1ccc(S(N)(=O)=O)cc1F. The van der Waals surface area contributed by atoms with Gasteiger partial charge in [0.25, 0.3) is 5.91 Å². The van der Waals surface area contributed by atoms with E-state index in [-0.39, 0.29) is 10.5 Å². The first-order valence-corrected chi connectivity index (χ1v) is 6.01. The highest BCUT2D eigenvalue weighted by molar-refractivity contribution is 7.89. The Morgan fingerprint density at radius 2 is 2.12 bits per heavy atom. The minimum atomic E-state index is -3.95. The van der Waals surface area contributed by atoms with E-state index in [0.717, 1.165) is 18.2 Å². The number of nitrogens with one attached hydrogen (secondary N) is 1. The van der Waals surface area contributed by atoms with Crippen LogP contribution in [0.15, 0.2) is 23.1 Å². The molecule has 0 saturated carbocycles. The summed E-state index contributed by atoms with van der Waals surface area (Å²) in [5, 5.41) is 7.22. The Balaban J connectivity index is 3.15. The molecule has 0 unspecified atom stereocenters. The lowest BCUT2D eigenvalue weighted by Gasteiger charge is -2.04. The summed E-state index contributed by atoms with van der Waals surface area (Å²) in [5.41, 5.74) is -0.214. The maximum Gasteiger partial charge on any atom is 0.254 e. The Labute approximate surface area is 92.5 Å². The fraction of sp³-hybridized carbons (Fsp3) is 0.222. The van der Waals surface area contributed by atoms with Crippen molar-refractivity contribution < 1.29 is 17.6 Å². The predicted molar refractivity (Wildman–Crippen MR) is 55.8 cm³/mol. The maximum atomic E-state index is 13.4. The zero-order chi connectivity index (χ0) is 12.3. The topological polar surface area (TPSA) is 89.3 Å². The molecular formula is C9H11FN2O3S. The van der Waals surface area contributed by atoms with Crippen molar-refractivity contribution in [1.29, 1.82) is 0 Å². The number of carbonyl (C=O) groups excluding carboxylic acids is 1. The molecule has 5 nitrogen and oxygen atoms in total. The minimum Gasteiger partial charge on any atom is -0.352 e. The van der Waals surface area contributed by atoms with E-state index in [1.54, 1.807) is 6.92 Å². The van der Waals surface area contributed by atoms with Crippen molar-refractivity contribution in [3.05, 3.63) is 29.6 Å². The summed E-state index contributed by atoms with van der Waals surface area (Å²) >= 11 is 0. The number of primary sulfonamides is 1. The first kappa shape index (κ1) is 12.6. The fourth-order valence-electron chi connectivity index (χ4n) is 1.11. The van der Waals surface area contributed by atoms with Gasteiger partial charge in [-0.2, -0.15) is 0 Å². The second-order valence-corrected chi connectivity index (χ2v) is 4.61. The summed E-state index contributed by atoms with van der Waals surface area (Å²) in [5.74, 6) is -1.52. The summed E-state index contributed by atoms with van der Waals surface area (Å²) in [6.45, 7) is 2.05. The molecule has 1 amide bonds. The quantitative estimate of drug-likeness (QED) is 0.799. The number of hydrogen-bond acceptors (Lipinski definition) is 3. The lowest BCUT2D eigenvalue weighted by atomic mass is 10.2. The first-order chi connectivity index (χ1) is 7.36. The van der Waals surface area contributed by atoms with Gasteiger partial charge >= 0.3 is 0 Å². The fourth-order valence-corrected chi connectivity index (χ4v) is 1.64. The van der Waals surface area contributed by atoms with Crippen LogP contribution in [0.1, 0.15) is 17.3 Å². The largest absolute Gasteiger partial charge is 0.352 e. The van der Waals surface area contributed by atoms with E-state index in [2.05, 4.69) is 5.32 Å². The van der Waals surface area contributed by atoms with Crippen molar-refractivity contribution in [2.24, 2.45) is 5.14 Å². The van der Waals surface area contributed by atoms with Crippen molar-refractivity contribution in [2.75, 3.05) is 6.54 Å². The van der Waals surface area contributed by atoms with Crippen LogP contribution in [0.4, 0.5) is 4.39 Å². The normalized spacial score (nSPS) is 11.2. The van der Waals surface area contributed by atoms with E-state index < -0.39 is 21.7 Å². The lowest BCUT2D eigenvalue weighted by molar-refractivity contribution is 0.0951. The second-order valence-electron chi connectivity index (χ2n) is 3.05. The van der Waals surface area contributed by atoms with Crippen LogP contribution < -0.4 is 10.5 Å². The van der Waals surface area contributed by atoms with Gasteiger partial charge in [-0.05, 0) is 25.1 Å². The third-order valence-corrected chi connectivity index (χ3v) is 2.76. The van der Waals surface area contributed by atoms with Crippen LogP contribution in [0.5, 0.6) is 0 Å². The van der Waals surface area contributed by atoms with Gasteiger partial charge in [0.15, 0.2) is 0 Å². The molecule has 7 heteroatoms. The average Bonchev–Trinajstić information content (AvgIpc) is 2.16. The molecule has 3 N–H and O–H groups in total. The predicted octanol–water partition coefficient (Wildman–Crippen LogP) is 0.223. The number of rotatable bonds is 3. The average molecular weight is 246 g/mol. The highest BCUT2D eigenvalue weighted by Gasteiger charge is 2.15. The molecule has 0 heterocycles. The zero-order valence-electron chi connectivity index (χ0n) is 8.53. The molecule has 0 saturated heterocycles. The zero-order valence-corrected chi connectivity index (χ0v) is 9.34. The Bertz CT molecular complexity index is 513. The monoisotopic (exact) mass is 246 g/mol. The third-order valence-electron chi connectivity index (χ3n) is 1.85. The van der Waals surface area contributed by atoms with Crippen molar-refractivity contribution in [2.45, 2.75) is 11.8 Å². The van der Waals surface area contributed by atoms with Gasteiger partial charge < -0.3 is 5.32 Å². The van der Waals surface area contributed by atoms with Gasteiger partial charge in [-0.15, -0.1) is 0 Å². The van der Waals surface area contributed by atoms with Gasteiger partial charge in [-0.3, -0.25) is 4.79 Å².